The van der Waals surface area contributed by atoms with E-state index in [4.69, 9.17) is 0 Å². The topological polar surface area (TPSA) is 77.3 Å². The third-order valence-electron chi connectivity index (χ3n) is 0.944. The van der Waals surface area contributed by atoms with E-state index in [1.165, 1.54) is 6.33 Å². The fourth-order valence-electron chi connectivity index (χ4n) is 0.552. The highest BCUT2D eigenvalue weighted by Gasteiger charge is 1.94. The molecule has 2 heterocycles. The average molecular weight is 133 g/mol. The van der Waals surface area contributed by atoms with Gasteiger partial charge in [0.25, 0.3) is 0 Å². The highest BCUT2D eigenvalue weighted by Crippen LogP contribution is 1.94. The van der Waals surface area contributed by atoms with Crippen LogP contribution in [0, 0.1) is 6.20 Å². The van der Waals surface area contributed by atoms with Crippen LogP contribution in [0.25, 0.3) is 11.2 Å². The summed E-state index contributed by atoms with van der Waals surface area (Å²) in [5, 5.41) is 13.7. The minimum Gasteiger partial charge on any atom is -0.232 e. The Morgan fingerprint density at radius 3 is 3.00 bits per heavy atom. The Balaban J connectivity index is 2.89. The molecule has 10 heavy (non-hydrogen) atoms. The molecule has 0 aliphatic rings. The third-order valence-corrected chi connectivity index (χ3v) is 0.944. The van der Waals surface area contributed by atoms with E-state index in [-0.39, 0.29) is 0 Å². The molecule has 0 aliphatic heterocycles. The fraction of sp³-hybridized carbons (Fsp3) is 0. The SMILES string of the molecule is [c]1ncnc2nnnnc12. The van der Waals surface area contributed by atoms with Crippen LogP contribution >= 0.6 is 0 Å². The quantitative estimate of drug-likeness (QED) is 0.459. The van der Waals surface area contributed by atoms with Crippen molar-refractivity contribution in [2.75, 3.05) is 0 Å². The molecule has 0 saturated heterocycles. The lowest BCUT2D eigenvalue weighted by atomic mass is 10.6. The molecule has 0 unspecified atom stereocenters. The number of hydrogen-bond donors (Lipinski definition) is 0. The van der Waals surface area contributed by atoms with Gasteiger partial charge in [-0.2, -0.15) is 0 Å². The van der Waals surface area contributed by atoms with Gasteiger partial charge in [0.2, 0.25) is 5.65 Å². The predicted molar refractivity (Wildman–Crippen MR) is 29.6 cm³/mol. The van der Waals surface area contributed by atoms with Gasteiger partial charge in [0.1, 0.15) is 12.5 Å². The van der Waals surface area contributed by atoms with Crippen molar-refractivity contribution in [3.05, 3.63) is 12.5 Å². The van der Waals surface area contributed by atoms with E-state index in [9.17, 15) is 0 Å². The number of rotatable bonds is 0. The van der Waals surface area contributed by atoms with Crippen LogP contribution in [0.3, 0.4) is 0 Å². The van der Waals surface area contributed by atoms with Crippen molar-refractivity contribution in [3.8, 4) is 0 Å². The van der Waals surface area contributed by atoms with Gasteiger partial charge in [-0.25, -0.2) is 9.97 Å². The molecule has 2 aromatic rings. The first kappa shape index (κ1) is 5.10. The zero-order valence-corrected chi connectivity index (χ0v) is 4.76. The van der Waals surface area contributed by atoms with Gasteiger partial charge in [0.05, 0.1) is 0 Å². The van der Waals surface area contributed by atoms with Crippen LogP contribution in [0.4, 0.5) is 0 Å². The summed E-state index contributed by atoms with van der Waals surface area (Å²) in [7, 11) is 0. The van der Waals surface area contributed by atoms with Gasteiger partial charge in [-0.3, -0.25) is 0 Å². The molecule has 0 bridgehead atoms. The molecule has 0 fully saturated rings. The second-order valence-electron chi connectivity index (χ2n) is 1.54. The summed E-state index contributed by atoms with van der Waals surface area (Å²) in [4.78, 5) is 7.37. The van der Waals surface area contributed by atoms with Crippen molar-refractivity contribution < 1.29 is 0 Å². The molecule has 1 radical (unpaired) electrons. The molecule has 2 rings (SSSR count). The smallest absolute Gasteiger partial charge is 0.208 e. The number of hydrogen-bond acceptors (Lipinski definition) is 6. The molecule has 0 spiro atoms. The van der Waals surface area contributed by atoms with Crippen molar-refractivity contribution in [2.45, 2.75) is 0 Å². The Kier molecular flexibility index (Phi) is 0.970. The van der Waals surface area contributed by atoms with Crippen molar-refractivity contribution in [2.24, 2.45) is 0 Å². The molecular weight excluding hydrogens is 132 g/mol. The van der Waals surface area contributed by atoms with Crippen LogP contribution in [0.2, 0.25) is 0 Å². The molecule has 0 amide bonds. The molecular formula is C4HN6. The lowest BCUT2D eigenvalue weighted by Crippen LogP contribution is -1.94. The lowest BCUT2D eigenvalue weighted by Gasteiger charge is -1.85. The summed E-state index contributed by atoms with van der Waals surface area (Å²) in [5.74, 6) is 0. The highest BCUT2D eigenvalue weighted by molar-refractivity contribution is 5.64. The zero-order valence-electron chi connectivity index (χ0n) is 4.76. The molecule has 0 N–H and O–H groups in total. The second kappa shape index (κ2) is 1.90. The standard InChI is InChI=1S/C4HN6/c1-3-4(6-2-5-1)8-10-9-7-3/h2H. The van der Waals surface area contributed by atoms with Gasteiger partial charge in [-0.1, -0.05) is 0 Å². The monoisotopic (exact) mass is 133 g/mol. The second-order valence-corrected chi connectivity index (χ2v) is 1.54. The van der Waals surface area contributed by atoms with E-state index >= 15 is 0 Å². The lowest BCUT2D eigenvalue weighted by molar-refractivity contribution is 0.787. The molecule has 6 heteroatoms. The van der Waals surface area contributed by atoms with Crippen LogP contribution in [0.1, 0.15) is 0 Å². The molecule has 47 valence electrons. The normalized spacial score (nSPS) is 10.0. The first-order chi connectivity index (χ1) is 4.97. The predicted octanol–water partition coefficient (Wildman–Crippen LogP) is -0.990. The molecule has 0 aliphatic carbocycles. The first-order valence-corrected chi connectivity index (χ1v) is 2.51. The van der Waals surface area contributed by atoms with Gasteiger partial charge in [-0.05, 0) is 10.4 Å². The maximum Gasteiger partial charge on any atom is 0.208 e. The molecule has 0 saturated carbocycles. The first-order valence-electron chi connectivity index (χ1n) is 2.51. The highest BCUT2D eigenvalue weighted by atomic mass is 15.4. The summed E-state index contributed by atoms with van der Waals surface area (Å²) in [5.41, 5.74) is 0.836. The number of aromatic nitrogens is 6. The summed E-state index contributed by atoms with van der Waals surface area (Å²) in [6, 6.07) is 0. The van der Waals surface area contributed by atoms with Gasteiger partial charge < -0.3 is 0 Å². The largest absolute Gasteiger partial charge is 0.232 e. The van der Waals surface area contributed by atoms with Crippen LogP contribution < -0.4 is 0 Å². The van der Waals surface area contributed by atoms with Gasteiger partial charge >= 0.3 is 0 Å². The molecule has 2 aromatic heterocycles. The van der Waals surface area contributed by atoms with E-state index in [0.717, 1.165) is 0 Å². The van der Waals surface area contributed by atoms with Gasteiger partial charge in [-0.15, -0.1) is 10.2 Å². The maximum atomic E-state index is 3.76. The van der Waals surface area contributed by atoms with Crippen LogP contribution in [0.5, 0.6) is 0 Å². The summed E-state index contributed by atoms with van der Waals surface area (Å²) in [6.07, 6.45) is 3.89. The zero-order chi connectivity index (χ0) is 6.81. The Morgan fingerprint density at radius 2 is 2.10 bits per heavy atom. The van der Waals surface area contributed by atoms with E-state index in [0.29, 0.717) is 11.2 Å². The van der Waals surface area contributed by atoms with Crippen LogP contribution in [-0.2, 0) is 0 Å². The van der Waals surface area contributed by atoms with Crippen LogP contribution in [-0.4, -0.2) is 30.6 Å². The van der Waals surface area contributed by atoms with E-state index in [1.807, 2.05) is 0 Å². The fourth-order valence-corrected chi connectivity index (χ4v) is 0.552. The summed E-state index contributed by atoms with van der Waals surface area (Å²) in [6.45, 7) is 0. The van der Waals surface area contributed by atoms with Crippen molar-refractivity contribution in [1.82, 2.24) is 30.6 Å². The third kappa shape index (κ3) is 0.661. The minimum absolute atomic E-state index is 0.407. The molecule has 0 aromatic carbocycles. The Labute approximate surface area is 55.3 Å². The molecule has 6 nitrogen and oxygen atoms in total. The van der Waals surface area contributed by atoms with Crippen LogP contribution in [0.15, 0.2) is 6.33 Å². The summed E-state index contributed by atoms with van der Waals surface area (Å²) < 4.78 is 0. The average Bonchev–Trinajstić information content (AvgIpc) is 2.05. The van der Waals surface area contributed by atoms with E-state index in [1.54, 1.807) is 0 Å². The Hall–Kier alpha value is -1.72. The van der Waals surface area contributed by atoms with Crippen molar-refractivity contribution in [1.29, 1.82) is 0 Å². The van der Waals surface area contributed by atoms with Gasteiger partial charge in [0.15, 0.2) is 5.52 Å². The number of nitrogens with zero attached hydrogens (tertiary/aromatic N) is 6. The van der Waals surface area contributed by atoms with Crippen molar-refractivity contribution >= 4 is 11.2 Å². The Bertz CT molecular complexity index is 281. The minimum atomic E-state index is 0.407. The van der Waals surface area contributed by atoms with E-state index < -0.39 is 0 Å². The maximum absolute atomic E-state index is 3.76. The van der Waals surface area contributed by atoms with Crippen molar-refractivity contribution in [3.63, 3.8) is 0 Å². The molecule has 0 atom stereocenters. The number of fused-ring (bicyclic) bond motifs is 1. The van der Waals surface area contributed by atoms with E-state index in [2.05, 4.69) is 36.8 Å². The van der Waals surface area contributed by atoms with Gasteiger partial charge in [0, 0.05) is 0 Å². The Morgan fingerprint density at radius 1 is 1.20 bits per heavy atom. The summed E-state index contributed by atoms with van der Waals surface area (Å²) >= 11 is 0.